The van der Waals surface area contributed by atoms with Gasteiger partial charge in [0.1, 0.15) is 0 Å². The average Bonchev–Trinajstić information content (AvgIpc) is 0.722. The molecule has 6 heteroatoms. The Morgan fingerprint density at radius 2 is 0.833 bits per heavy atom. The maximum atomic E-state index is 5.04. The van der Waals surface area contributed by atoms with Crippen molar-refractivity contribution in [1.29, 1.82) is 0 Å². The van der Waals surface area contributed by atoms with Crippen LogP contribution in [0.1, 0.15) is 0 Å². The van der Waals surface area contributed by atoms with Gasteiger partial charge in [-0.05, 0) is 0 Å². The summed E-state index contributed by atoms with van der Waals surface area (Å²) in [6.45, 7) is 0. The van der Waals surface area contributed by atoms with E-state index in [1.807, 2.05) is 0 Å². The van der Waals surface area contributed by atoms with Gasteiger partial charge in [0.05, 0.1) is 0 Å². The van der Waals surface area contributed by atoms with Crippen LogP contribution in [0.2, 0.25) is 0 Å². The Hall–Kier alpha value is 3.76. The molecular formula is HCl4RbSn. The van der Waals surface area contributed by atoms with E-state index in [9.17, 15) is 0 Å². The van der Waals surface area contributed by atoms with Crippen molar-refractivity contribution >= 4 is 108 Å². The van der Waals surface area contributed by atoms with Crippen molar-refractivity contribution in [2.75, 3.05) is 0 Å². The summed E-state index contributed by atoms with van der Waals surface area (Å²) in [6.07, 6.45) is 0. The molecule has 0 fully saturated rings. The van der Waals surface area contributed by atoms with Crippen molar-refractivity contribution in [1.82, 2.24) is 0 Å². The second kappa shape index (κ2) is 5.54. The summed E-state index contributed by atoms with van der Waals surface area (Å²) in [5.74, 6) is 0. The summed E-state index contributed by atoms with van der Waals surface area (Å²) in [5.41, 5.74) is 0. The van der Waals surface area contributed by atoms with Crippen LogP contribution >= 0.6 is 35.7 Å². The van der Waals surface area contributed by atoms with E-state index in [0.29, 0.717) is 0 Å². The van der Waals surface area contributed by atoms with Crippen LogP contribution in [0.4, 0.5) is 0 Å². The fourth-order valence-electron chi connectivity index (χ4n) is 0. The Kier molecular flexibility index (Phi) is 11.5. The van der Waals surface area contributed by atoms with Gasteiger partial charge in [-0.2, -0.15) is 0 Å². The van der Waals surface area contributed by atoms with Crippen molar-refractivity contribution in [3.8, 4) is 0 Å². The van der Waals surface area contributed by atoms with E-state index in [2.05, 4.69) is 0 Å². The van der Waals surface area contributed by atoms with Crippen molar-refractivity contribution in [3.63, 3.8) is 0 Å². The summed E-state index contributed by atoms with van der Waals surface area (Å²) in [7, 11) is 20.1. The molecule has 0 radical (unpaired) electrons. The van der Waals surface area contributed by atoms with E-state index in [4.69, 9.17) is 35.7 Å². The van der Waals surface area contributed by atoms with Gasteiger partial charge in [-0.25, -0.2) is 0 Å². The Bertz CT molecular complexity index is 23.0. The Morgan fingerprint density at radius 1 is 0.833 bits per heavy atom. The van der Waals surface area contributed by atoms with Crippen LogP contribution in [0.25, 0.3) is 0 Å². The van der Waals surface area contributed by atoms with Gasteiger partial charge in [0, 0.05) is 0 Å². The molecule has 0 aliphatic heterocycles. The monoisotopic (exact) mass is 346 g/mol. The van der Waals surface area contributed by atoms with Gasteiger partial charge in [0.25, 0.3) is 0 Å². The fourth-order valence-corrected chi connectivity index (χ4v) is 0. The molecule has 0 saturated heterocycles. The van der Waals surface area contributed by atoms with Gasteiger partial charge < -0.3 is 0 Å². The first-order valence-electron chi connectivity index (χ1n) is 0.756. The molecule has 34 valence electrons. The zero-order valence-corrected chi connectivity index (χ0v) is 7.89. The van der Waals surface area contributed by atoms with Crippen LogP contribution in [-0.2, 0) is 0 Å². The molecule has 0 atom stereocenters. The van der Waals surface area contributed by atoms with E-state index < -0.39 is 13.9 Å². The molecule has 0 aliphatic rings. The summed E-state index contributed by atoms with van der Waals surface area (Å²) >= 11 is -3.29. The SMILES string of the molecule is [Cl][Sn]([Cl])([Cl])[Cl].[RbH]. The third kappa shape index (κ3) is 25.1. The first kappa shape index (κ1) is 12.4. The standard InChI is InChI=1S/4ClH.Rb.Sn.H/h4*1H;;;/q;;;;;+4;/p-4. The normalized spacial score (nSPS) is 10.0. The van der Waals surface area contributed by atoms with Crippen molar-refractivity contribution in [3.05, 3.63) is 0 Å². The summed E-state index contributed by atoms with van der Waals surface area (Å²) in [5, 5.41) is 0. The van der Waals surface area contributed by atoms with Gasteiger partial charge in [-0.3, -0.25) is 0 Å². The summed E-state index contributed by atoms with van der Waals surface area (Å²) in [4.78, 5) is 0. The van der Waals surface area contributed by atoms with Crippen molar-refractivity contribution < 1.29 is 0 Å². The van der Waals surface area contributed by atoms with Crippen molar-refractivity contribution in [2.24, 2.45) is 0 Å². The summed E-state index contributed by atoms with van der Waals surface area (Å²) < 4.78 is 0. The second-order valence-electron chi connectivity index (χ2n) is 0.429. The van der Waals surface area contributed by atoms with Crippen LogP contribution in [0, 0.1) is 0 Å². The first-order valence-corrected chi connectivity index (χ1v) is 15.2. The van der Waals surface area contributed by atoms with Crippen molar-refractivity contribution in [2.45, 2.75) is 0 Å². The van der Waals surface area contributed by atoms with Gasteiger partial charge >= 0.3 is 108 Å². The maximum absolute atomic E-state index is 5.04. The molecular weight excluding hydrogens is 346 g/mol. The van der Waals surface area contributed by atoms with E-state index in [-0.39, 0.29) is 58.2 Å². The number of hydrogen-bond donors (Lipinski definition) is 0. The average molecular weight is 347 g/mol. The topological polar surface area (TPSA) is 0 Å². The fraction of sp³-hybridized carbons (Fsp3) is 0. The second-order valence-corrected chi connectivity index (χ2v) is 25.9. The van der Waals surface area contributed by atoms with Gasteiger partial charge in [-0.15, -0.1) is 0 Å². The molecule has 0 nitrogen and oxygen atoms in total. The first-order chi connectivity index (χ1) is 2.00. The van der Waals surface area contributed by atoms with Crippen LogP contribution in [0.15, 0.2) is 0 Å². The molecule has 0 aromatic heterocycles. The van der Waals surface area contributed by atoms with E-state index in [0.717, 1.165) is 0 Å². The Morgan fingerprint density at radius 3 is 0.833 bits per heavy atom. The minimum absolute atomic E-state index is 0. The molecule has 0 heterocycles. The van der Waals surface area contributed by atoms with Crippen LogP contribution in [0.3, 0.4) is 0 Å². The van der Waals surface area contributed by atoms with Gasteiger partial charge in [-0.1, -0.05) is 0 Å². The molecule has 0 amide bonds. The van der Waals surface area contributed by atoms with E-state index >= 15 is 0 Å². The molecule has 0 aromatic carbocycles. The molecule has 0 aromatic rings. The van der Waals surface area contributed by atoms with E-state index in [1.165, 1.54) is 0 Å². The number of rotatable bonds is 0. The van der Waals surface area contributed by atoms with Crippen LogP contribution in [0.5, 0.6) is 0 Å². The minimum atomic E-state index is -3.29. The quantitative estimate of drug-likeness (QED) is 0.586. The number of halogens is 4. The van der Waals surface area contributed by atoms with Gasteiger partial charge in [0.15, 0.2) is 0 Å². The predicted molar refractivity (Wildman–Crippen MR) is 36.3 cm³/mol. The molecule has 0 rings (SSSR count). The summed E-state index contributed by atoms with van der Waals surface area (Å²) in [6, 6.07) is 0. The Balaban J connectivity index is 0. The molecule has 0 unspecified atom stereocenters. The zero-order valence-electron chi connectivity index (χ0n) is 2.01. The molecule has 0 bridgehead atoms. The molecule has 0 N–H and O–H groups in total. The third-order valence-corrected chi connectivity index (χ3v) is 0. The molecule has 6 heavy (non-hydrogen) atoms. The molecule has 0 saturated carbocycles. The molecule has 0 spiro atoms. The van der Waals surface area contributed by atoms with Crippen LogP contribution in [-0.4, -0.2) is 72.1 Å². The van der Waals surface area contributed by atoms with Gasteiger partial charge in [0.2, 0.25) is 0 Å². The Labute approximate surface area is 104 Å². The third-order valence-electron chi connectivity index (χ3n) is 0. The van der Waals surface area contributed by atoms with Crippen LogP contribution < -0.4 is 0 Å². The zero-order chi connectivity index (χ0) is 4.50. The number of hydrogen-bond acceptors (Lipinski definition) is 0. The predicted octanol–water partition coefficient (Wildman–Crippen LogP) is 1.73. The van der Waals surface area contributed by atoms with E-state index in [1.54, 1.807) is 0 Å². The molecule has 0 aliphatic carbocycles.